The molecule has 0 unspecified atom stereocenters. The van der Waals surface area contributed by atoms with E-state index >= 15 is 0 Å². The fraction of sp³-hybridized carbons (Fsp3) is 0.250. The molecule has 317 valence electrons. The minimum atomic E-state index is -1.64. The summed E-state index contributed by atoms with van der Waals surface area (Å²) in [4.78, 5) is 21.4. The zero-order valence-electron chi connectivity index (χ0n) is 36.1. The smallest absolute Gasteiger partial charge is 0.423 e. The van der Waals surface area contributed by atoms with Gasteiger partial charge in [-0.25, -0.2) is 0 Å². The number of aromatic nitrogens is 1. The van der Waals surface area contributed by atoms with Crippen LogP contribution in [-0.2, 0) is 31.0 Å². The number of hydrogen-bond donors (Lipinski definition) is 5. The number of aryl methyl sites for hydroxylation is 2. The van der Waals surface area contributed by atoms with Gasteiger partial charge in [0.25, 0.3) is 0 Å². The molecule has 62 heavy (non-hydrogen) atoms. The largest absolute Gasteiger partial charge is 0.495 e. The summed E-state index contributed by atoms with van der Waals surface area (Å²) in [5.74, 6) is -0.182. The van der Waals surface area contributed by atoms with E-state index in [0.717, 1.165) is 73.0 Å². The Hall–Kier alpha value is -5.76. The molecule has 0 saturated carbocycles. The first-order valence-corrected chi connectivity index (χ1v) is 20.8. The van der Waals surface area contributed by atoms with Gasteiger partial charge in [-0.05, 0) is 115 Å². The van der Waals surface area contributed by atoms with E-state index in [1.807, 2.05) is 88.4 Å². The van der Waals surface area contributed by atoms with Crippen molar-refractivity contribution in [3.8, 4) is 0 Å². The Bertz CT molecular complexity index is 2480. The van der Waals surface area contributed by atoms with Crippen LogP contribution in [0.2, 0.25) is 0 Å². The molecule has 2 heterocycles. The number of carbonyl (C=O) groups excluding carboxylic acids is 1. The number of rotatable bonds is 19. The lowest BCUT2D eigenvalue weighted by molar-refractivity contribution is -0.117. The Labute approximate surface area is 366 Å². The third kappa shape index (κ3) is 11.2. The highest BCUT2D eigenvalue weighted by Gasteiger charge is 2.25. The standard InChI is InChI=1S/C48H54B3FN5O5/c1-32(2)48(58)53-24-11-25-55(30-40-12-7-9-14-43(40)50(59)60)28-37-16-18-38(19-17-37)29-56(31-41-13-8-10-15-44(41)51(61)62)42-22-20-39(21-23-42)45(46-33(3)26-35(5)54-46)47-34(4)27-36(6)57(47)49-52/h7-10,12-23,26-27,59-62H,1,11,24-25,28-31H2,2-6H3,(H,53,58)/b46-45-. The van der Waals surface area contributed by atoms with E-state index in [0.29, 0.717) is 69.9 Å². The predicted octanol–water partition coefficient (Wildman–Crippen LogP) is 5.29. The quantitative estimate of drug-likeness (QED) is 0.0435. The third-order valence-corrected chi connectivity index (χ3v) is 11.1. The van der Waals surface area contributed by atoms with Gasteiger partial charge in [0.15, 0.2) is 0 Å². The Morgan fingerprint density at radius 1 is 0.806 bits per heavy atom. The summed E-state index contributed by atoms with van der Waals surface area (Å²) in [6.07, 6.45) is 2.71. The maximum absolute atomic E-state index is 14.5. The number of anilines is 1. The maximum atomic E-state index is 14.5. The molecule has 0 spiro atoms. The molecule has 14 heteroatoms. The highest BCUT2D eigenvalue weighted by Crippen LogP contribution is 2.37. The van der Waals surface area contributed by atoms with E-state index in [1.165, 1.54) is 0 Å². The molecule has 0 bridgehead atoms. The number of aliphatic imine (C=N–C) groups is 1. The molecule has 6 rings (SSSR count). The molecule has 1 aliphatic rings. The summed E-state index contributed by atoms with van der Waals surface area (Å²) in [6.45, 7) is 16.3. The van der Waals surface area contributed by atoms with E-state index in [-0.39, 0.29) is 5.91 Å². The van der Waals surface area contributed by atoms with Crippen LogP contribution in [-0.4, -0.2) is 76.1 Å². The lowest BCUT2D eigenvalue weighted by Gasteiger charge is -2.27. The summed E-state index contributed by atoms with van der Waals surface area (Å²) in [7, 11) is -2.63. The SMILES string of the molecule is C=C(C)C(=O)NCCCN(Cc1ccc(CN(Cc2ccccc2B(O)O)c2ccc(/C(=C3/N=C(C)C=C3C)c3c(C)cc(C)n3[B]F)cc2)cc1)Cc1ccccc1B(O)O. The normalized spacial score (nSPS) is 13.1. The third-order valence-electron chi connectivity index (χ3n) is 11.1. The number of hydrogen-bond acceptors (Lipinski definition) is 8. The Morgan fingerprint density at radius 2 is 1.39 bits per heavy atom. The molecule has 5 aromatic rings. The van der Waals surface area contributed by atoms with E-state index < -0.39 is 14.2 Å². The summed E-state index contributed by atoms with van der Waals surface area (Å²) >= 11 is 0. The van der Waals surface area contributed by atoms with Crippen LogP contribution in [0.4, 0.5) is 10.0 Å². The van der Waals surface area contributed by atoms with Gasteiger partial charge in [0.1, 0.15) is 0 Å². The topological polar surface area (TPSA) is 134 Å². The monoisotopic (exact) mass is 832 g/mol. The van der Waals surface area contributed by atoms with E-state index in [2.05, 4.69) is 46.0 Å². The number of nitrogens with one attached hydrogen (secondary N) is 1. The second-order valence-corrected chi connectivity index (χ2v) is 16.1. The lowest BCUT2D eigenvalue weighted by atomic mass is 9.77. The van der Waals surface area contributed by atoms with Crippen LogP contribution in [0.15, 0.2) is 138 Å². The molecule has 0 saturated heterocycles. The van der Waals surface area contributed by atoms with E-state index in [9.17, 15) is 29.2 Å². The zero-order valence-corrected chi connectivity index (χ0v) is 36.1. The molecule has 0 aliphatic carbocycles. The van der Waals surface area contributed by atoms with Crippen LogP contribution in [0.25, 0.3) is 5.57 Å². The second-order valence-electron chi connectivity index (χ2n) is 16.1. The lowest BCUT2D eigenvalue weighted by Crippen LogP contribution is -2.36. The molecule has 0 atom stereocenters. The van der Waals surface area contributed by atoms with Gasteiger partial charge >= 0.3 is 21.9 Å². The summed E-state index contributed by atoms with van der Waals surface area (Å²) < 4.78 is 16.1. The van der Waals surface area contributed by atoms with E-state index in [1.54, 1.807) is 35.7 Å². The average Bonchev–Trinajstić information content (AvgIpc) is 3.74. The number of halogens is 1. The molecular formula is C48H54B3FN5O5. The van der Waals surface area contributed by atoms with Crippen LogP contribution < -0.4 is 21.1 Å². The van der Waals surface area contributed by atoms with Crippen molar-refractivity contribution < 1.29 is 29.2 Å². The molecule has 5 N–H and O–H groups in total. The number of allylic oxidation sites excluding steroid dienone is 2. The first kappa shape index (κ1) is 45.8. The highest BCUT2D eigenvalue weighted by molar-refractivity contribution is 6.59. The van der Waals surface area contributed by atoms with Crippen LogP contribution in [0.3, 0.4) is 0 Å². The zero-order chi connectivity index (χ0) is 44.5. The number of benzene rings is 4. The van der Waals surface area contributed by atoms with Gasteiger partial charge < -0.3 is 39.1 Å². The highest BCUT2D eigenvalue weighted by atomic mass is 19.1. The minimum Gasteiger partial charge on any atom is -0.423 e. The first-order chi connectivity index (χ1) is 29.7. The summed E-state index contributed by atoms with van der Waals surface area (Å²) in [5, 5.41) is 43.6. The van der Waals surface area contributed by atoms with Gasteiger partial charge in [-0.15, -0.1) is 0 Å². The molecule has 1 aromatic heterocycles. The van der Waals surface area contributed by atoms with E-state index in [4.69, 9.17) is 4.99 Å². The Kier molecular flexibility index (Phi) is 15.4. The number of carbonyl (C=O) groups is 1. The minimum absolute atomic E-state index is 0.182. The van der Waals surface area contributed by atoms with Gasteiger partial charge in [-0.3, -0.25) is 14.7 Å². The van der Waals surface area contributed by atoms with Crippen molar-refractivity contribution in [2.45, 2.75) is 67.2 Å². The van der Waals surface area contributed by atoms with Crippen LogP contribution in [0.5, 0.6) is 0 Å². The molecule has 1 radical (unpaired) electrons. The second kappa shape index (κ2) is 20.9. The van der Waals surface area contributed by atoms with Gasteiger partial charge in [0.2, 0.25) is 5.91 Å². The fourth-order valence-corrected chi connectivity index (χ4v) is 8.06. The Balaban J connectivity index is 1.29. The van der Waals surface area contributed by atoms with Crippen molar-refractivity contribution in [1.29, 1.82) is 0 Å². The summed E-state index contributed by atoms with van der Waals surface area (Å²) in [6, 6.07) is 33.0. The maximum Gasteiger partial charge on any atom is 0.495 e. The first-order valence-electron chi connectivity index (χ1n) is 20.8. The van der Waals surface area contributed by atoms with Crippen molar-refractivity contribution in [2.24, 2.45) is 4.99 Å². The Morgan fingerprint density at radius 3 is 1.94 bits per heavy atom. The van der Waals surface area contributed by atoms with Gasteiger partial charge in [0.05, 0.1) is 5.70 Å². The van der Waals surface area contributed by atoms with Crippen molar-refractivity contribution >= 4 is 55.7 Å². The molecular weight excluding hydrogens is 778 g/mol. The van der Waals surface area contributed by atoms with Crippen molar-refractivity contribution in [1.82, 2.24) is 14.7 Å². The van der Waals surface area contributed by atoms with Crippen LogP contribution in [0.1, 0.15) is 72.0 Å². The number of amides is 1. The van der Waals surface area contributed by atoms with Crippen LogP contribution >= 0.6 is 0 Å². The fourth-order valence-electron chi connectivity index (χ4n) is 8.06. The molecule has 0 fully saturated rings. The van der Waals surface area contributed by atoms with Gasteiger partial charge in [-0.1, -0.05) is 91.5 Å². The van der Waals surface area contributed by atoms with Crippen LogP contribution in [0, 0.1) is 13.8 Å². The molecule has 4 aromatic carbocycles. The molecule has 1 aliphatic heterocycles. The predicted molar refractivity (Wildman–Crippen MR) is 251 cm³/mol. The number of nitrogens with zero attached hydrogens (tertiary/aromatic N) is 4. The summed E-state index contributed by atoms with van der Waals surface area (Å²) in [5.41, 5.74) is 12.7. The van der Waals surface area contributed by atoms with Gasteiger partial charge in [-0.2, -0.15) is 0 Å². The van der Waals surface area contributed by atoms with Crippen molar-refractivity contribution in [2.75, 3.05) is 18.0 Å². The van der Waals surface area contributed by atoms with Crippen molar-refractivity contribution in [3.63, 3.8) is 0 Å². The average molecular weight is 832 g/mol. The van der Waals surface area contributed by atoms with Gasteiger partial charge in [0, 0.05) is 73.2 Å². The molecule has 10 nitrogen and oxygen atoms in total. The molecule has 1 amide bonds. The van der Waals surface area contributed by atoms with Crippen molar-refractivity contribution in [3.05, 3.63) is 177 Å².